The van der Waals surface area contributed by atoms with Crippen molar-refractivity contribution in [2.24, 2.45) is 4.99 Å². The van der Waals surface area contributed by atoms with Crippen LogP contribution in [0.1, 0.15) is 12.8 Å². The Kier molecular flexibility index (Phi) is 9.02. The predicted molar refractivity (Wildman–Crippen MR) is 104 cm³/mol. The molecule has 126 valence electrons. The van der Waals surface area contributed by atoms with E-state index in [4.69, 9.17) is 0 Å². The molecule has 0 spiro atoms. The van der Waals surface area contributed by atoms with Gasteiger partial charge in [0.2, 0.25) is 0 Å². The fraction of sp³-hybridized carbons (Fsp3) is 0.667. The van der Waals surface area contributed by atoms with Gasteiger partial charge in [0.25, 0.3) is 0 Å². The van der Waals surface area contributed by atoms with Gasteiger partial charge in [-0.15, -0.1) is 35.3 Å². The highest BCUT2D eigenvalue weighted by atomic mass is 127. The van der Waals surface area contributed by atoms with Crippen LogP contribution in [0.2, 0.25) is 0 Å². The Morgan fingerprint density at radius 1 is 1.59 bits per heavy atom. The van der Waals surface area contributed by atoms with Crippen molar-refractivity contribution in [2.45, 2.75) is 23.2 Å². The Bertz CT molecular complexity index is 563. The van der Waals surface area contributed by atoms with Crippen molar-refractivity contribution in [3.63, 3.8) is 0 Å². The van der Waals surface area contributed by atoms with Gasteiger partial charge in [-0.3, -0.25) is 4.99 Å². The second-order valence-electron chi connectivity index (χ2n) is 4.74. The summed E-state index contributed by atoms with van der Waals surface area (Å²) in [6, 6.07) is -0.0223. The van der Waals surface area contributed by atoms with E-state index in [1.165, 1.54) is 0 Å². The van der Waals surface area contributed by atoms with Crippen molar-refractivity contribution in [2.75, 3.05) is 30.9 Å². The fourth-order valence-corrected chi connectivity index (χ4v) is 5.34. The molecule has 1 aliphatic rings. The lowest BCUT2D eigenvalue weighted by atomic mass is 10.3. The molecule has 2 heterocycles. The first-order chi connectivity index (χ1) is 10.1. The highest BCUT2D eigenvalue weighted by Crippen LogP contribution is 2.20. The van der Waals surface area contributed by atoms with E-state index in [0.717, 1.165) is 23.1 Å². The number of thioether (sulfide) groups is 1. The molecular formula is C12H21IN4O2S3. The Hall–Kier alpha value is -0.0700. The Morgan fingerprint density at radius 3 is 3.00 bits per heavy atom. The third-order valence-electron chi connectivity index (χ3n) is 3.05. The zero-order chi connectivity index (χ0) is 15.1. The SMILES string of the molecule is CN=C(NCCCSc1nccs1)NC1CCS(=O)(=O)C1.I. The van der Waals surface area contributed by atoms with Gasteiger partial charge in [-0.05, 0) is 12.8 Å². The van der Waals surface area contributed by atoms with E-state index in [1.54, 1.807) is 30.1 Å². The molecule has 10 heteroatoms. The van der Waals surface area contributed by atoms with Gasteiger partial charge in [0.15, 0.2) is 15.8 Å². The smallest absolute Gasteiger partial charge is 0.191 e. The van der Waals surface area contributed by atoms with Crippen LogP contribution in [0.3, 0.4) is 0 Å². The predicted octanol–water partition coefficient (Wildman–Crippen LogP) is 1.60. The van der Waals surface area contributed by atoms with Crippen molar-refractivity contribution < 1.29 is 8.42 Å². The molecule has 0 aromatic carbocycles. The molecule has 1 aromatic rings. The standard InChI is InChI=1S/C12H20N4O2S3.HI/c1-13-11(16-10-3-8-21(17,18)9-10)14-4-2-6-19-12-15-5-7-20-12;/h5,7,10H,2-4,6,8-9H2,1H3,(H2,13,14,16);1H. The van der Waals surface area contributed by atoms with Crippen LogP contribution in [-0.4, -0.2) is 56.3 Å². The summed E-state index contributed by atoms with van der Waals surface area (Å²) in [6.45, 7) is 0.803. The molecule has 0 bridgehead atoms. The quantitative estimate of drug-likeness (QED) is 0.213. The number of nitrogens with zero attached hydrogens (tertiary/aromatic N) is 2. The second-order valence-corrected chi connectivity index (χ2v) is 9.21. The summed E-state index contributed by atoms with van der Waals surface area (Å²) in [5, 5.41) is 8.36. The molecule has 1 aromatic heterocycles. The summed E-state index contributed by atoms with van der Waals surface area (Å²) in [5.41, 5.74) is 0. The normalized spacial score (nSPS) is 20.4. The Morgan fingerprint density at radius 2 is 2.41 bits per heavy atom. The van der Waals surface area contributed by atoms with E-state index in [-0.39, 0.29) is 41.5 Å². The lowest BCUT2D eigenvalue weighted by Gasteiger charge is -2.15. The maximum Gasteiger partial charge on any atom is 0.191 e. The molecule has 1 fully saturated rings. The Balaban J connectivity index is 0.00000242. The maximum atomic E-state index is 11.4. The molecule has 0 radical (unpaired) electrons. The van der Waals surface area contributed by atoms with Crippen LogP contribution in [0, 0.1) is 0 Å². The van der Waals surface area contributed by atoms with Crippen molar-refractivity contribution in [1.82, 2.24) is 15.6 Å². The first-order valence-electron chi connectivity index (χ1n) is 6.79. The fourth-order valence-electron chi connectivity index (χ4n) is 2.02. The summed E-state index contributed by atoms with van der Waals surface area (Å²) in [7, 11) is -1.16. The summed E-state index contributed by atoms with van der Waals surface area (Å²) in [6.07, 6.45) is 3.46. The van der Waals surface area contributed by atoms with E-state index in [2.05, 4.69) is 20.6 Å². The van der Waals surface area contributed by atoms with Gasteiger partial charge < -0.3 is 10.6 Å². The van der Waals surface area contributed by atoms with E-state index in [0.29, 0.717) is 12.4 Å². The highest BCUT2D eigenvalue weighted by Gasteiger charge is 2.28. The molecular weight excluding hydrogens is 455 g/mol. The van der Waals surface area contributed by atoms with Gasteiger partial charge in [0.1, 0.15) is 4.34 Å². The minimum atomic E-state index is -2.86. The average Bonchev–Trinajstić information content (AvgIpc) is 3.06. The van der Waals surface area contributed by atoms with Crippen molar-refractivity contribution in [3.05, 3.63) is 11.6 Å². The molecule has 1 aliphatic heterocycles. The molecule has 0 aliphatic carbocycles. The van der Waals surface area contributed by atoms with Gasteiger partial charge in [0.05, 0.1) is 11.5 Å². The molecule has 1 atom stereocenters. The van der Waals surface area contributed by atoms with Gasteiger partial charge in [-0.1, -0.05) is 11.8 Å². The van der Waals surface area contributed by atoms with Crippen molar-refractivity contribution >= 4 is 62.9 Å². The first-order valence-corrected chi connectivity index (χ1v) is 10.5. The average molecular weight is 476 g/mol. The zero-order valence-corrected chi connectivity index (χ0v) is 17.1. The molecule has 1 saturated heterocycles. The number of aromatic nitrogens is 1. The summed E-state index contributed by atoms with van der Waals surface area (Å²) in [5.74, 6) is 2.14. The topological polar surface area (TPSA) is 83.4 Å². The molecule has 0 amide bonds. The van der Waals surface area contributed by atoms with E-state index in [1.807, 2.05) is 11.6 Å². The minimum absolute atomic E-state index is 0. The van der Waals surface area contributed by atoms with Gasteiger partial charge in [0, 0.05) is 37.0 Å². The monoisotopic (exact) mass is 476 g/mol. The summed E-state index contributed by atoms with van der Waals surface area (Å²) in [4.78, 5) is 8.34. The number of nitrogens with one attached hydrogen (secondary N) is 2. The van der Waals surface area contributed by atoms with Gasteiger partial charge >= 0.3 is 0 Å². The van der Waals surface area contributed by atoms with Crippen LogP contribution >= 0.6 is 47.1 Å². The molecule has 0 saturated carbocycles. The van der Waals surface area contributed by atoms with Crippen LogP contribution in [0.15, 0.2) is 20.9 Å². The van der Waals surface area contributed by atoms with Crippen LogP contribution < -0.4 is 10.6 Å². The lowest BCUT2D eigenvalue weighted by molar-refractivity contribution is 0.599. The third-order valence-corrected chi connectivity index (χ3v) is 6.87. The number of hydrogen-bond acceptors (Lipinski definition) is 6. The summed E-state index contributed by atoms with van der Waals surface area (Å²) < 4.78 is 23.9. The van der Waals surface area contributed by atoms with Crippen molar-refractivity contribution in [3.8, 4) is 0 Å². The van der Waals surface area contributed by atoms with Gasteiger partial charge in [-0.2, -0.15) is 0 Å². The number of thiazole rings is 1. The van der Waals surface area contributed by atoms with E-state index in [9.17, 15) is 8.42 Å². The molecule has 2 N–H and O–H groups in total. The van der Waals surface area contributed by atoms with E-state index < -0.39 is 9.84 Å². The molecule has 22 heavy (non-hydrogen) atoms. The first kappa shape index (κ1) is 20.0. The Labute approximate surface area is 156 Å². The van der Waals surface area contributed by atoms with Crippen LogP contribution in [0.5, 0.6) is 0 Å². The zero-order valence-electron chi connectivity index (χ0n) is 12.3. The number of guanidine groups is 1. The van der Waals surface area contributed by atoms with Crippen molar-refractivity contribution in [1.29, 1.82) is 0 Å². The lowest BCUT2D eigenvalue weighted by Crippen LogP contribution is -2.44. The number of rotatable bonds is 6. The number of hydrogen-bond donors (Lipinski definition) is 2. The minimum Gasteiger partial charge on any atom is -0.356 e. The number of halogens is 1. The maximum absolute atomic E-state index is 11.4. The molecule has 2 rings (SSSR count). The summed E-state index contributed by atoms with van der Waals surface area (Å²) >= 11 is 3.40. The molecule has 1 unspecified atom stereocenters. The van der Waals surface area contributed by atoms with Crippen LogP contribution in [0.4, 0.5) is 0 Å². The largest absolute Gasteiger partial charge is 0.356 e. The van der Waals surface area contributed by atoms with Crippen LogP contribution in [0.25, 0.3) is 0 Å². The number of aliphatic imine (C=N–C) groups is 1. The highest BCUT2D eigenvalue weighted by molar-refractivity contribution is 14.0. The van der Waals surface area contributed by atoms with E-state index >= 15 is 0 Å². The van der Waals surface area contributed by atoms with Crippen LogP contribution in [-0.2, 0) is 9.84 Å². The molecule has 6 nitrogen and oxygen atoms in total. The van der Waals surface area contributed by atoms with Gasteiger partial charge in [-0.25, -0.2) is 13.4 Å². The second kappa shape index (κ2) is 9.93. The number of sulfone groups is 1. The third kappa shape index (κ3) is 7.01.